The van der Waals surface area contributed by atoms with Crippen LogP contribution in [0.1, 0.15) is 11.3 Å². The van der Waals surface area contributed by atoms with E-state index in [1.54, 1.807) is 36.7 Å². The average molecular weight is 303 g/mol. The molecule has 0 aliphatic rings. The third kappa shape index (κ3) is 4.39. The number of benzene rings is 1. The lowest BCUT2D eigenvalue weighted by molar-refractivity contribution is 0.251. The number of urea groups is 1. The summed E-state index contributed by atoms with van der Waals surface area (Å²) < 4.78 is 11.4. The van der Waals surface area contributed by atoms with E-state index in [0.29, 0.717) is 17.1 Å². The molecular formula is C15H17N3O2S. The van der Waals surface area contributed by atoms with E-state index in [4.69, 9.17) is 0 Å². The minimum absolute atomic E-state index is 0.320. The maximum absolute atomic E-state index is 11.9. The Hall–Kier alpha value is -2.21. The van der Waals surface area contributed by atoms with Crippen LogP contribution in [0.25, 0.3) is 0 Å². The van der Waals surface area contributed by atoms with E-state index < -0.39 is 10.8 Å². The van der Waals surface area contributed by atoms with Crippen LogP contribution in [-0.2, 0) is 17.3 Å². The summed E-state index contributed by atoms with van der Waals surface area (Å²) in [7, 11) is -1.07. The largest absolute Gasteiger partial charge is 0.332 e. The number of hydrogen-bond acceptors (Lipinski definition) is 3. The molecule has 0 aliphatic heterocycles. The van der Waals surface area contributed by atoms with Crippen molar-refractivity contribution in [3.8, 4) is 0 Å². The predicted octanol–water partition coefficient (Wildman–Crippen LogP) is 2.45. The second-order valence-corrected chi connectivity index (χ2v) is 5.94. The van der Waals surface area contributed by atoms with E-state index in [-0.39, 0.29) is 6.03 Å². The zero-order chi connectivity index (χ0) is 15.2. The number of carbonyl (C=O) groups excluding carboxylic acids is 1. The third-order valence-electron chi connectivity index (χ3n) is 2.96. The number of hydrogen-bond donors (Lipinski definition) is 2. The van der Waals surface area contributed by atoms with Gasteiger partial charge in [-0.05, 0) is 36.8 Å². The highest BCUT2D eigenvalue weighted by Crippen LogP contribution is 2.13. The van der Waals surface area contributed by atoms with E-state index in [1.807, 2.05) is 19.1 Å². The summed E-state index contributed by atoms with van der Waals surface area (Å²) in [6.07, 6.45) is 3.30. The number of rotatable bonds is 4. The summed E-state index contributed by atoms with van der Waals surface area (Å²) in [5, 5.41) is 5.46. The van der Waals surface area contributed by atoms with Gasteiger partial charge in [0.15, 0.2) is 0 Å². The van der Waals surface area contributed by atoms with Crippen LogP contribution in [-0.4, -0.2) is 21.5 Å². The molecule has 5 nitrogen and oxygen atoms in total. The topological polar surface area (TPSA) is 71.1 Å². The standard InChI is InChI=1S/C15H17N3O2S/c1-11-5-4-8-16-14(11)10-17-15(19)18-12-6-3-7-13(9-12)21(2)20/h3-9H,10H2,1-2H3,(H2,17,18,19). The van der Waals surface area contributed by atoms with Crippen molar-refractivity contribution in [1.29, 1.82) is 0 Å². The van der Waals surface area contributed by atoms with E-state index in [1.165, 1.54) is 0 Å². The lowest BCUT2D eigenvalue weighted by atomic mass is 10.2. The summed E-state index contributed by atoms with van der Waals surface area (Å²) >= 11 is 0. The van der Waals surface area contributed by atoms with Gasteiger partial charge in [-0.25, -0.2) is 4.79 Å². The number of nitrogens with zero attached hydrogens (tertiary/aromatic N) is 1. The molecule has 1 unspecified atom stereocenters. The minimum atomic E-state index is -1.07. The average Bonchev–Trinajstić information content (AvgIpc) is 2.46. The zero-order valence-corrected chi connectivity index (χ0v) is 12.7. The first kappa shape index (κ1) is 15.2. The maximum Gasteiger partial charge on any atom is 0.319 e. The van der Waals surface area contributed by atoms with Crippen molar-refractivity contribution in [3.63, 3.8) is 0 Å². The van der Waals surface area contributed by atoms with Gasteiger partial charge in [-0.15, -0.1) is 0 Å². The molecule has 110 valence electrons. The second kappa shape index (κ2) is 6.99. The van der Waals surface area contributed by atoms with Crippen LogP contribution < -0.4 is 10.6 Å². The fourth-order valence-corrected chi connectivity index (χ4v) is 2.36. The van der Waals surface area contributed by atoms with Gasteiger partial charge in [0.2, 0.25) is 0 Å². The molecule has 1 atom stereocenters. The first-order chi connectivity index (χ1) is 10.1. The smallest absolute Gasteiger partial charge is 0.319 e. The Kier molecular flexibility index (Phi) is 5.05. The number of aryl methyl sites for hydroxylation is 1. The van der Waals surface area contributed by atoms with Crippen molar-refractivity contribution in [2.24, 2.45) is 0 Å². The molecule has 1 aromatic heterocycles. The normalized spacial score (nSPS) is 11.7. The van der Waals surface area contributed by atoms with Gasteiger partial charge in [-0.1, -0.05) is 12.1 Å². The van der Waals surface area contributed by atoms with Crippen molar-refractivity contribution in [2.75, 3.05) is 11.6 Å². The quantitative estimate of drug-likeness (QED) is 0.911. The first-order valence-corrected chi connectivity index (χ1v) is 8.01. The van der Waals surface area contributed by atoms with E-state index >= 15 is 0 Å². The van der Waals surface area contributed by atoms with Crippen LogP contribution in [0.15, 0.2) is 47.5 Å². The molecule has 2 amide bonds. The van der Waals surface area contributed by atoms with Gasteiger partial charge in [0.1, 0.15) is 0 Å². The van der Waals surface area contributed by atoms with Crippen molar-refractivity contribution >= 4 is 22.5 Å². The Balaban J connectivity index is 1.95. The number of anilines is 1. The summed E-state index contributed by atoms with van der Waals surface area (Å²) in [4.78, 5) is 16.7. The number of carbonyl (C=O) groups is 1. The molecule has 0 saturated carbocycles. The fraction of sp³-hybridized carbons (Fsp3) is 0.200. The van der Waals surface area contributed by atoms with Crippen LogP contribution in [0.5, 0.6) is 0 Å². The monoisotopic (exact) mass is 303 g/mol. The van der Waals surface area contributed by atoms with Gasteiger partial charge in [0, 0.05) is 33.8 Å². The SMILES string of the molecule is Cc1cccnc1CNC(=O)Nc1cccc(S(C)=O)c1. The van der Waals surface area contributed by atoms with Gasteiger partial charge >= 0.3 is 6.03 Å². The van der Waals surface area contributed by atoms with Crippen molar-refractivity contribution in [3.05, 3.63) is 53.9 Å². The summed E-state index contributed by atoms with van der Waals surface area (Å²) in [5.41, 5.74) is 2.47. The molecule has 6 heteroatoms. The molecule has 0 spiro atoms. The molecule has 0 saturated heterocycles. The number of pyridine rings is 1. The van der Waals surface area contributed by atoms with E-state index in [9.17, 15) is 9.00 Å². The molecule has 1 heterocycles. The third-order valence-corrected chi connectivity index (χ3v) is 3.88. The molecular weight excluding hydrogens is 286 g/mol. The number of aromatic nitrogens is 1. The highest BCUT2D eigenvalue weighted by Gasteiger charge is 2.05. The maximum atomic E-state index is 11.9. The number of nitrogens with one attached hydrogen (secondary N) is 2. The minimum Gasteiger partial charge on any atom is -0.332 e. The molecule has 0 radical (unpaired) electrons. The first-order valence-electron chi connectivity index (χ1n) is 6.45. The molecule has 21 heavy (non-hydrogen) atoms. The summed E-state index contributed by atoms with van der Waals surface area (Å²) in [6, 6.07) is 10.5. The van der Waals surface area contributed by atoms with Crippen molar-refractivity contribution in [1.82, 2.24) is 10.3 Å². The fourth-order valence-electron chi connectivity index (χ4n) is 1.80. The summed E-state index contributed by atoms with van der Waals surface area (Å²) in [5.74, 6) is 0. The highest BCUT2D eigenvalue weighted by atomic mass is 32.2. The van der Waals surface area contributed by atoms with E-state index in [2.05, 4.69) is 15.6 Å². The van der Waals surface area contributed by atoms with Crippen LogP contribution in [0.2, 0.25) is 0 Å². The van der Waals surface area contributed by atoms with Crippen LogP contribution >= 0.6 is 0 Å². The highest BCUT2D eigenvalue weighted by molar-refractivity contribution is 7.84. The Bertz CT molecular complexity index is 673. The van der Waals surface area contributed by atoms with Gasteiger partial charge in [-0.2, -0.15) is 0 Å². The van der Waals surface area contributed by atoms with Crippen molar-refractivity contribution in [2.45, 2.75) is 18.4 Å². The van der Waals surface area contributed by atoms with Crippen molar-refractivity contribution < 1.29 is 9.00 Å². The van der Waals surface area contributed by atoms with Gasteiger partial charge in [-0.3, -0.25) is 9.19 Å². The van der Waals surface area contributed by atoms with Gasteiger partial charge in [0.25, 0.3) is 0 Å². The lowest BCUT2D eigenvalue weighted by Crippen LogP contribution is -2.28. The molecule has 1 aromatic carbocycles. The lowest BCUT2D eigenvalue weighted by Gasteiger charge is -2.09. The molecule has 2 rings (SSSR count). The molecule has 2 aromatic rings. The Morgan fingerprint density at radius 3 is 2.81 bits per heavy atom. The van der Waals surface area contributed by atoms with Gasteiger partial charge < -0.3 is 10.6 Å². The van der Waals surface area contributed by atoms with Crippen LogP contribution in [0.3, 0.4) is 0 Å². The van der Waals surface area contributed by atoms with Crippen LogP contribution in [0.4, 0.5) is 10.5 Å². The Morgan fingerprint density at radius 2 is 2.10 bits per heavy atom. The Morgan fingerprint density at radius 1 is 1.29 bits per heavy atom. The molecule has 0 fully saturated rings. The molecule has 0 bridgehead atoms. The molecule has 2 N–H and O–H groups in total. The predicted molar refractivity (Wildman–Crippen MR) is 83.6 cm³/mol. The molecule has 0 aliphatic carbocycles. The summed E-state index contributed by atoms with van der Waals surface area (Å²) in [6.45, 7) is 2.31. The zero-order valence-electron chi connectivity index (χ0n) is 11.9. The second-order valence-electron chi connectivity index (χ2n) is 4.56. The van der Waals surface area contributed by atoms with Crippen LogP contribution in [0, 0.1) is 6.92 Å². The van der Waals surface area contributed by atoms with Gasteiger partial charge in [0.05, 0.1) is 12.2 Å². The Labute approximate surface area is 126 Å². The number of amides is 2. The van der Waals surface area contributed by atoms with E-state index in [0.717, 1.165) is 11.3 Å².